The Morgan fingerprint density at radius 2 is 2.35 bits per heavy atom. The SMILES string of the molecule is CCc1noc([C@@H]2CCCCN2C(=O)c2cccc(C#N)c2)n1. The van der Waals surface area contributed by atoms with E-state index in [1.165, 1.54) is 0 Å². The average Bonchev–Trinajstić information content (AvgIpc) is 3.10. The van der Waals surface area contributed by atoms with Gasteiger partial charge < -0.3 is 9.42 Å². The molecular weight excluding hydrogens is 292 g/mol. The fourth-order valence-electron chi connectivity index (χ4n) is 2.87. The standard InChI is InChI=1S/C17H18N4O2/c1-2-15-19-16(23-20-15)14-8-3-4-9-21(14)17(22)13-7-5-6-12(10-13)11-18/h5-7,10,14H,2-4,8-9H2,1H3/t14-/m0/s1. The molecule has 0 radical (unpaired) electrons. The molecule has 0 spiro atoms. The van der Waals surface area contributed by atoms with Gasteiger partial charge in [-0.15, -0.1) is 0 Å². The number of rotatable bonds is 3. The molecule has 2 heterocycles. The van der Waals surface area contributed by atoms with Crippen LogP contribution in [0.25, 0.3) is 0 Å². The number of nitriles is 1. The summed E-state index contributed by atoms with van der Waals surface area (Å²) in [5.74, 6) is 1.07. The van der Waals surface area contributed by atoms with Crippen molar-refractivity contribution in [3.05, 3.63) is 47.1 Å². The molecule has 23 heavy (non-hydrogen) atoms. The summed E-state index contributed by atoms with van der Waals surface area (Å²) in [6, 6.07) is 8.66. The topological polar surface area (TPSA) is 83.0 Å². The van der Waals surface area contributed by atoms with Crippen LogP contribution in [-0.4, -0.2) is 27.5 Å². The number of aromatic nitrogens is 2. The maximum atomic E-state index is 12.9. The molecular formula is C17H18N4O2. The van der Waals surface area contributed by atoms with Gasteiger partial charge in [-0.25, -0.2) is 0 Å². The summed E-state index contributed by atoms with van der Waals surface area (Å²) in [6.07, 6.45) is 3.49. The fraction of sp³-hybridized carbons (Fsp3) is 0.412. The molecule has 1 aliphatic rings. The van der Waals surface area contributed by atoms with E-state index in [0.29, 0.717) is 35.8 Å². The molecule has 1 amide bonds. The van der Waals surface area contributed by atoms with Crippen LogP contribution in [0, 0.1) is 11.3 Å². The van der Waals surface area contributed by atoms with Gasteiger partial charge in [0.2, 0.25) is 5.89 Å². The predicted molar refractivity (Wildman–Crippen MR) is 82.5 cm³/mol. The van der Waals surface area contributed by atoms with E-state index in [1.54, 1.807) is 29.2 Å². The molecule has 1 aliphatic heterocycles. The van der Waals surface area contributed by atoms with Gasteiger partial charge in [-0.05, 0) is 37.5 Å². The van der Waals surface area contributed by atoms with Crippen molar-refractivity contribution in [2.45, 2.75) is 38.6 Å². The van der Waals surface area contributed by atoms with Crippen LogP contribution < -0.4 is 0 Å². The molecule has 2 aromatic rings. The highest BCUT2D eigenvalue weighted by Crippen LogP contribution is 2.31. The lowest BCUT2D eigenvalue weighted by Crippen LogP contribution is -2.38. The van der Waals surface area contributed by atoms with Gasteiger partial charge in [-0.2, -0.15) is 10.2 Å². The Labute approximate surface area is 134 Å². The Balaban J connectivity index is 1.88. The van der Waals surface area contributed by atoms with E-state index in [9.17, 15) is 4.79 Å². The maximum absolute atomic E-state index is 12.9. The molecule has 1 aromatic carbocycles. The summed E-state index contributed by atoms with van der Waals surface area (Å²) in [7, 11) is 0. The molecule has 0 saturated carbocycles. The number of hydrogen-bond donors (Lipinski definition) is 0. The van der Waals surface area contributed by atoms with Crippen LogP contribution in [0.2, 0.25) is 0 Å². The number of carbonyl (C=O) groups excluding carboxylic acids is 1. The summed E-state index contributed by atoms with van der Waals surface area (Å²) in [5.41, 5.74) is 1.00. The Morgan fingerprint density at radius 1 is 1.48 bits per heavy atom. The minimum Gasteiger partial charge on any atom is -0.337 e. The molecule has 6 nitrogen and oxygen atoms in total. The summed E-state index contributed by atoms with van der Waals surface area (Å²) in [4.78, 5) is 19.0. The number of benzene rings is 1. The zero-order valence-electron chi connectivity index (χ0n) is 13.0. The largest absolute Gasteiger partial charge is 0.337 e. The second-order valence-electron chi connectivity index (χ2n) is 5.61. The van der Waals surface area contributed by atoms with Gasteiger partial charge >= 0.3 is 0 Å². The van der Waals surface area contributed by atoms with E-state index in [1.807, 2.05) is 6.92 Å². The highest BCUT2D eigenvalue weighted by molar-refractivity contribution is 5.94. The molecule has 1 aromatic heterocycles. The van der Waals surface area contributed by atoms with Gasteiger partial charge in [0.1, 0.15) is 6.04 Å². The van der Waals surface area contributed by atoms with Gasteiger partial charge in [0.05, 0.1) is 11.6 Å². The Kier molecular flexibility index (Phi) is 4.38. The lowest BCUT2D eigenvalue weighted by molar-refractivity contribution is 0.0561. The van der Waals surface area contributed by atoms with Crippen molar-refractivity contribution in [3.63, 3.8) is 0 Å². The van der Waals surface area contributed by atoms with Crippen LogP contribution in [0.1, 0.15) is 59.9 Å². The van der Waals surface area contributed by atoms with Gasteiger partial charge in [-0.1, -0.05) is 18.1 Å². The number of likely N-dealkylation sites (tertiary alicyclic amines) is 1. The first-order valence-electron chi connectivity index (χ1n) is 7.86. The van der Waals surface area contributed by atoms with E-state index in [-0.39, 0.29) is 11.9 Å². The molecule has 1 atom stereocenters. The summed E-state index contributed by atoms with van der Waals surface area (Å²) in [5, 5.41) is 12.9. The molecule has 0 unspecified atom stereocenters. The summed E-state index contributed by atoms with van der Waals surface area (Å²) >= 11 is 0. The molecule has 1 fully saturated rings. The molecule has 118 valence electrons. The van der Waals surface area contributed by atoms with Crippen LogP contribution in [0.4, 0.5) is 0 Å². The van der Waals surface area contributed by atoms with Crippen LogP contribution in [0.15, 0.2) is 28.8 Å². The third-order valence-corrected chi connectivity index (χ3v) is 4.09. The van der Waals surface area contributed by atoms with Gasteiger partial charge in [0, 0.05) is 18.5 Å². The molecule has 0 bridgehead atoms. The number of piperidine rings is 1. The predicted octanol–water partition coefficient (Wildman–Crippen LogP) is 2.87. The average molecular weight is 310 g/mol. The number of hydrogen-bond acceptors (Lipinski definition) is 5. The van der Waals surface area contributed by atoms with Crippen molar-refractivity contribution in [2.75, 3.05) is 6.54 Å². The molecule has 1 saturated heterocycles. The van der Waals surface area contributed by atoms with E-state index < -0.39 is 0 Å². The number of amides is 1. The van der Waals surface area contributed by atoms with Crippen molar-refractivity contribution >= 4 is 5.91 Å². The van der Waals surface area contributed by atoms with E-state index >= 15 is 0 Å². The van der Waals surface area contributed by atoms with Gasteiger partial charge in [0.15, 0.2) is 5.82 Å². The molecule has 6 heteroatoms. The molecule has 0 aliphatic carbocycles. The summed E-state index contributed by atoms with van der Waals surface area (Å²) in [6.45, 7) is 2.62. The first-order valence-corrected chi connectivity index (χ1v) is 7.86. The first kappa shape index (κ1) is 15.2. The van der Waals surface area contributed by atoms with E-state index in [4.69, 9.17) is 9.78 Å². The lowest BCUT2D eigenvalue weighted by Gasteiger charge is -2.33. The third-order valence-electron chi connectivity index (χ3n) is 4.09. The van der Waals surface area contributed by atoms with Crippen LogP contribution in [0.3, 0.4) is 0 Å². The minimum absolute atomic E-state index is 0.0944. The monoisotopic (exact) mass is 310 g/mol. The maximum Gasteiger partial charge on any atom is 0.254 e. The Bertz CT molecular complexity index is 747. The minimum atomic E-state index is -0.185. The van der Waals surface area contributed by atoms with Crippen molar-refractivity contribution in [1.82, 2.24) is 15.0 Å². The highest BCUT2D eigenvalue weighted by atomic mass is 16.5. The smallest absolute Gasteiger partial charge is 0.254 e. The lowest BCUT2D eigenvalue weighted by atomic mass is 10.00. The van der Waals surface area contributed by atoms with Crippen LogP contribution in [-0.2, 0) is 6.42 Å². The highest BCUT2D eigenvalue weighted by Gasteiger charge is 2.32. The van der Waals surface area contributed by atoms with Crippen molar-refractivity contribution in [1.29, 1.82) is 5.26 Å². The van der Waals surface area contributed by atoms with E-state index in [0.717, 1.165) is 19.3 Å². The normalized spacial score (nSPS) is 17.7. The van der Waals surface area contributed by atoms with Gasteiger partial charge in [-0.3, -0.25) is 4.79 Å². The molecule has 0 N–H and O–H groups in total. The number of carbonyl (C=O) groups is 1. The number of aryl methyl sites for hydroxylation is 1. The quantitative estimate of drug-likeness (QED) is 0.870. The van der Waals surface area contributed by atoms with Crippen LogP contribution in [0.5, 0.6) is 0 Å². The van der Waals surface area contributed by atoms with Crippen molar-refractivity contribution < 1.29 is 9.32 Å². The molecule has 3 rings (SSSR count). The van der Waals surface area contributed by atoms with Crippen molar-refractivity contribution in [3.8, 4) is 6.07 Å². The number of nitrogens with zero attached hydrogens (tertiary/aromatic N) is 4. The van der Waals surface area contributed by atoms with Crippen LogP contribution >= 0.6 is 0 Å². The third kappa shape index (κ3) is 3.09. The van der Waals surface area contributed by atoms with Gasteiger partial charge in [0.25, 0.3) is 5.91 Å². The van der Waals surface area contributed by atoms with E-state index in [2.05, 4.69) is 16.2 Å². The zero-order chi connectivity index (χ0) is 16.2. The first-order chi connectivity index (χ1) is 11.2. The zero-order valence-corrected chi connectivity index (χ0v) is 13.0. The Morgan fingerprint density at radius 3 is 3.09 bits per heavy atom. The Hall–Kier alpha value is -2.68. The second kappa shape index (κ2) is 6.61. The fourth-order valence-corrected chi connectivity index (χ4v) is 2.87. The summed E-state index contributed by atoms with van der Waals surface area (Å²) < 4.78 is 5.35. The van der Waals surface area contributed by atoms with Crippen molar-refractivity contribution in [2.24, 2.45) is 0 Å². The second-order valence-corrected chi connectivity index (χ2v) is 5.61.